The lowest BCUT2D eigenvalue weighted by molar-refractivity contribution is -0.136. The van der Waals surface area contributed by atoms with Crippen molar-refractivity contribution in [3.8, 4) is 0 Å². The smallest absolute Gasteiger partial charge is 0.242 e. The molecule has 1 unspecified atom stereocenters. The van der Waals surface area contributed by atoms with E-state index in [1.165, 1.54) is 11.3 Å². The third-order valence-electron chi connectivity index (χ3n) is 6.19. The minimum Gasteiger partial charge on any atom is -0.384 e. The number of benzene rings is 2. The van der Waals surface area contributed by atoms with E-state index in [4.69, 9.17) is 4.74 Å². The van der Waals surface area contributed by atoms with Crippen LogP contribution in [0.5, 0.6) is 0 Å². The van der Waals surface area contributed by atoms with Crippen LogP contribution in [0.4, 0.5) is 5.69 Å². The maximum atomic E-state index is 13.0. The lowest BCUT2D eigenvalue weighted by atomic mass is 9.74. The van der Waals surface area contributed by atoms with Gasteiger partial charge in [0.2, 0.25) is 5.91 Å². The summed E-state index contributed by atoms with van der Waals surface area (Å²) in [7, 11) is 1.83. The molecule has 2 heterocycles. The Morgan fingerprint density at radius 2 is 1.77 bits per heavy atom. The van der Waals surface area contributed by atoms with Gasteiger partial charge in [0, 0.05) is 30.7 Å². The normalized spacial score (nSPS) is 17.5. The Kier molecular flexibility index (Phi) is 7.88. The number of ether oxygens (including phenoxy) is 1. The zero-order valence-electron chi connectivity index (χ0n) is 18.5. The van der Waals surface area contributed by atoms with Crippen LogP contribution < -0.4 is 10.6 Å². The number of likely N-dealkylation sites (N-methyl/N-ethyl adjacent to an activating group) is 1. The number of anilines is 1. The Morgan fingerprint density at radius 1 is 1.10 bits per heavy atom. The van der Waals surface area contributed by atoms with Gasteiger partial charge in [0.05, 0.1) is 13.2 Å². The van der Waals surface area contributed by atoms with Crippen molar-refractivity contribution in [2.45, 2.75) is 44.8 Å². The van der Waals surface area contributed by atoms with Crippen LogP contribution in [0.15, 0.2) is 54.6 Å². The first-order valence-electron chi connectivity index (χ1n) is 11.1. The van der Waals surface area contributed by atoms with Gasteiger partial charge in [0.25, 0.3) is 0 Å². The van der Waals surface area contributed by atoms with Crippen molar-refractivity contribution in [2.75, 3.05) is 38.6 Å². The molecule has 0 aromatic heterocycles. The minimum absolute atomic E-state index is 0.143. The summed E-state index contributed by atoms with van der Waals surface area (Å²) in [5.74, 6) is 0.143. The molecule has 2 aliphatic rings. The summed E-state index contributed by atoms with van der Waals surface area (Å²) in [5.41, 5.74) is 3.96. The SMILES string of the molecule is CC.CNC(COCc1ccccc1)C(=O)N1CCC2(CC1)CNc1ccccc12. The second-order valence-electron chi connectivity index (χ2n) is 7.85. The van der Waals surface area contributed by atoms with Gasteiger partial charge in [0.1, 0.15) is 6.04 Å². The molecular formula is C25H35N3O2. The molecule has 0 radical (unpaired) electrons. The van der Waals surface area contributed by atoms with Crippen LogP contribution in [-0.4, -0.2) is 50.1 Å². The molecule has 30 heavy (non-hydrogen) atoms. The quantitative estimate of drug-likeness (QED) is 0.762. The number of amides is 1. The van der Waals surface area contributed by atoms with Crippen LogP contribution in [0.2, 0.25) is 0 Å². The third-order valence-corrected chi connectivity index (χ3v) is 6.19. The molecule has 5 nitrogen and oxygen atoms in total. The van der Waals surface area contributed by atoms with E-state index < -0.39 is 0 Å². The zero-order valence-corrected chi connectivity index (χ0v) is 18.5. The average molecular weight is 410 g/mol. The maximum Gasteiger partial charge on any atom is 0.242 e. The molecule has 1 saturated heterocycles. The van der Waals surface area contributed by atoms with Crippen molar-refractivity contribution in [3.63, 3.8) is 0 Å². The molecule has 162 valence electrons. The summed E-state index contributed by atoms with van der Waals surface area (Å²) in [6.07, 6.45) is 2.01. The number of nitrogens with one attached hydrogen (secondary N) is 2. The highest BCUT2D eigenvalue weighted by molar-refractivity contribution is 5.82. The van der Waals surface area contributed by atoms with Gasteiger partial charge in [-0.3, -0.25) is 4.79 Å². The van der Waals surface area contributed by atoms with Crippen molar-refractivity contribution in [3.05, 3.63) is 65.7 Å². The first-order chi connectivity index (χ1) is 14.7. The number of nitrogens with zero attached hydrogens (tertiary/aromatic N) is 1. The molecule has 1 fully saturated rings. The molecule has 0 bridgehead atoms. The fraction of sp³-hybridized carbons (Fsp3) is 0.480. The van der Waals surface area contributed by atoms with Gasteiger partial charge in [-0.15, -0.1) is 0 Å². The van der Waals surface area contributed by atoms with E-state index >= 15 is 0 Å². The highest BCUT2D eigenvalue weighted by Gasteiger charge is 2.42. The Balaban J connectivity index is 0.00000124. The molecule has 1 amide bonds. The Labute approximate surface area is 180 Å². The van der Waals surface area contributed by atoms with E-state index in [1.54, 1.807) is 0 Å². The molecular weight excluding hydrogens is 374 g/mol. The van der Waals surface area contributed by atoms with E-state index in [9.17, 15) is 4.79 Å². The summed E-state index contributed by atoms with van der Waals surface area (Å²) < 4.78 is 5.80. The fourth-order valence-corrected chi connectivity index (χ4v) is 4.43. The van der Waals surface area contributed by atoms with Gasteiger partial charge in [-0.1, -0.05) is 62.4 Å². The van der Waals surface area contributed by atoms with Gasteiger partial charge < -0.3 is 20.3 Å². The Bertz CT molecular complexity index is 801. The number of hydrogen-bond donors (Lipinski definition) is 2. The number of hydrogen-bond acceptors (Lipinski definition) is 4. The molecule has 0 aliphatic carbocycles. The second-order valence-corrected chi connectivity index (χ2v) is 7.85. The standard InChI is InChI=1S/C23H29N3O2.C2H6/c1-24-21(16-28-15-18-7-3-2-4-8-18)22(27)26-13-11-23(12-14-26)17-25-20-10-6-5-9-19(20)23;1-2/h2-10,21,24-25H,11-17H2,1H3;1-2H3. The monoisotopic (exact) mass is 409 g/mol. The molecule has 2 aliphatic heterocycles. The summed E-state index contributed by atoms with van der Waals surface area (Å²) in [6, 6.07) is 18.3. The highest BCUT2D eigenvalue weighted by atomic mass is 16.5. The number of carbonyl (C=O) groups is 1. The predicted molar refractivity (Wildman–Crippen MR) is 123 cm³/mol. The summed E-state index contributed by atoms with van der Waals surface area (Å²) >= 11 is 0. The van der Waals surface area contributed by atoms with Crippen LogP contribution >= 0.6 is 0 Å². The van der Waals surface area contributed by atoms with Crippen molar-refractivity contribution < 1.29 is 9.53 Å². The van der Waals surface area contributed by atoms with E-state index in [-0.39, 0.29) is 17.4 Å². The van der Waals surface area contributed by atoms with Gasteiger partial charge >= 0.3 is 0 Å². The molecule has 1 spiro atoms. The first-order valence-corrected chi connectivity index (χ1v) is 11.1. The number of likely N-dealkylation sites (tertiary alicyclic amines) is 1. The Morgan fingerprint density at radius 3 is 2.47 bits per heavy atom. The number of fused-ring (bicyclic) bond motifs is 2. The summed E-state index contributed by atoms with van der Waals surface area (Å²) in [4.78, 5) is 15.0. The number of para-hydroxylation sites is 1. The van der Waals surface area contributed by atoms with Gasteiger partial charge in [-0.25, -0.2) is 0 Å². The molecule has 2 aromatic carbocycles. The molecule has 0 saturated carbocycles. The lowest BCUT2D eigenvalue weighted by Crippen LogP contribution is -2.53. The largest absolute Gasteiger partial charge is 0.384 e. The summed E-state index contributed by atoms with van der Waals surface area (Å²) in [5, 5.41) is 6.68. The molecule has 4 rings (SSSR count). The van der Waals surface area contributed by atoms with Crippen molar-refractivity contribution in [1.29, 1.82) is 0 Å². The van der Waals surface area contributed by atoms with Crippen molar-refractivity contribution >= 4 is 11.6 Å². The number of rotatable bonds is 6. The topological polar surface area (TPSA) is 53.6 Å². The van der Waals surface area contributed by atoms with E-state index in [1.807, 2.05) is 56.1 Å². The average Bonchev–Trinajstić information content (AvgIpc) is 3.17. The van der Waals surface area contributed by atoms with E-state index in [0.717, 1.165) is 38.0 Å². The van der Waals surface area contributed by atoms with Crippen LogP contribution in [0, 0.1) is 0 Å². The van der Waals surface area contributed by atoms with E-state index in [2.05, 4.69) is 34.9 Å². The Hall–Kier alpha value is -2.37. The lowest BCUT2D eigenvalue weighted by Gasteiger charge is -2.40. The molecule has 1 atom stereocenters. The van der Waals surface area contributed by atoms with Crippen molar-refractivity contribution in [1.82, 2.24) is 10.2 Å². The van der Waals surface area contributed by atoms with Crippen LogP contribution in [-0.2, 0) is 21.6 Å². The summed E-state index contributed by atoms with van der Waals surface area (Å²) in [6.45, 7) is 7.48. The van der Waals surface area contributed by atoms with Gasteiger partial charge in [-0.05, 0) is 37.1 Å². The van der Waals surface area contributed by atoms with Crippen LogP contribution in [0.1, 0.15) is 37.8 Å². The van der Waals surface area contributed by atoms with Crippen molar-refractivity contribution in [2.24, 2.45) is 0 Å². The molecule has 2 aromatic rings. The number of carbonyl (C=O) groups excluding carboxylic acids is 1. The number of piperidine rings is 1. The molecule has 2 N–H and O–H groups in total. The molecule has 5 heteroatoms. The fourth-order valence-electron chi connectivity index (χ4n) is 4.43. The first kappa shape index (κ1) is 22.3. The van der Waals surface area contributed by atoms with Gasteiger partial charge in [-0.2, -0.15) is 0 Å². The van der Waals surface area contributed by atoms with E-state index in [0.29, 0.717) is 13.2 Å². The minimum atomic E-state index is -0.299. The zero-order chi connectivity index (χ0) is 21.4. The highest BCUT2D eigenvalue weighted by Crippen LogP contribution is 2.43. The van der Waals surface area contributed by atoms with Crippen LogP contribution in [0.25, 0.3) is 0 Å². The second kappa shape index (κ2) is 10.6. The maximum absolute atomic E-state index is 13.0. The predicted octanol–water partition coefficient (Wildman–Crippen LogP) is 3.80. The third kappa shape index (κ3) is 4.85. The van der Waals surface area contributed by atoms with Crippen LogP contribution in [0.3, 0.4) is 0 Å². The van der Waals surface area contributed by atoms with Gasteiger partial charge in [0.15, 0.2) is 0 Å².